The van der Waals surface area contributed by atoms with Crippen LogP contribution in [0.25, 0.3) is 11.3 Å². The molecule has 3 aromatic rings. The summed E-state index contributed by atoms with van der Waals surface area (Å²) < 4.78 is 5.72. The highest BCUT2D eigenvalue weighted by atomic mass is 35.5. The number of hydrogen-bond donors (Lipinski definition) is 2. The number of aryl methyl sites for hydroxylation is 1. The van der Waals surface area contributed by atoms with Crippen LogP contribution in [0.5, 0.6) is 0 Å². The Balaban J connectivity index is 1.68. The van der Waals surface area contributed by atoms with E-state index in [-0.39, 0.29) is 22.2 Å². The third kappa shape index (κ3) is 6.30. The van der Waals surface area contributed by atoms with Crippen LogP contribution in [0.15, 0.2) is 52.0 Å². The third-order valence-electron chi connectivity index (χ3n) is 5.53. The Labute approximate surface area is 217 Å². The first kappa shape index (κ1) is 26.9. The Morgan fingerprint density at radius 1 is 1.08 bits per heavy atom. The molecule has 1 heterocycles. The highest BCUT2D eigenvalue weighted by Crippen LogP contribution is 2.30. The number of furan rings is 1. The molecule has 36 heavy (non-hydrogen) atoms. The highest BCUT2D eigenvalue weighted by Gasteiger charge is 2.25. The van der Waals surface area contributed by atoms with Crippen molar-refractivity contribution < 1.29 is 18.9 Å². The molecule has 0 spiro atoms. The summed E-state index contributed by atoms with van der Waals surface area (Å²) in [5.41, 5.74) is 4.58. The molecule has 3 rings (SSSR count). The second-order valence-electron chi connectivity index (χ2n) is 8.45. The molecule has 0 bridgehead atoms. The molecule has 2 N–H and O–H groups in total. The smallest absolute Gasteiger partial charge is 0.273 e. The summed E-state index contributed by atoms with van der Waals surface area (Å²) in [6, 6.07) is 10.1. The number of hydrazone groups is 1. The molecule has 1 atom stereocenters. The first-order valence-electron chi connectivity index (χ1n) is 10.9. The van der Waals surface area contributed by atoms with Gasteiger partial charge in [0.25, 0.3) is 17.5 Å². The number of nitro groups is 1. The summed E-state index contributed by atoms with van der Waals surface area (Å²) in [5, 5.41) is 18.5. The van der Waals surface area contributed by atoms with E-state index in [1.807, 2.05) is 0 Å². The second kappa shape index (κ2) is 11.4. The van der Waals surface area contributed by atoms with Gasteiger partial charge in [-0.3, -0.25) is 19.7 Å². The van der Waals surface area contributed by atoms with Gasteiger partial charge in [0.05, 0.1) is 21.2 Å². The Bertz CT molecular complexity index is 1350. The van der Waals surface area contributed by atoms with Gasteiger partial charge in [-0.05, 0) is 61.7 Å². The van der Waals surface area contributed by atoms with E-state index in [0.717, 1.165) is 5.56 Å². The molecular weight excluding hydrogens is 507 g/mol. The van der Waals surface area contributed by atoms with Crippen LogP contribution in [-0.4, -0.2) is 29.0 Å². The Morgan fingerprint density at radius 2 is 1.81 bits per heavy atom. The van der Waals surface area contributed by atoms with Gasteiger partial charge in [-0.25, -0.2) is 5.43 Å². The van der Waals surface area contributed by atoms with Crippen molar-refractivity contribution in [3.8, 4) is 11.3 Å². The van der Waals surface area contributed by atoms with Gasteiger partial charge in [0.15, 0.2) is 0 Å². The van der Waals surface area contributed by atoms with Crippen LogP contribution in [0.4, 0.5) is 5.69 Å². The van der Waals surface area contributed by atoms with Crippen LogP contribution in [0, 0.1) is 29.9 Å². The summed E-state index contributed by atoms with van der Waals surface area (Å²) in [7, 11) is 0. The predicted octanol–water partition coefficient (Wildman–Crippen LogP) is 5.68. The van der Waals surface area contributed by atoms with Crippen LogP contribution >= 0.6 is 23.2 Å². The average molecular weight is 531 g/mol. The summed E-state index contributed by atoms with van der Waals surface area (Å²) in [6.07, 6.45) is 1.30. The lowest BCUT2D eigenvalue weighted by Gasteiger charge is -2.20. The quantitative estimate of drug-likeness (QED) is 0.220. The maximum Gasteiger partial charge on any atom is 0.273 e. The molecule has 2 amide bonds. The summed E-state index contributed by atoms with van der Waals surface area (Å²) in [4.78, 5) is 36.2. The topological polar surface area (TPSA) is 127 Å². The molecule has 1 aromatic heterocycles. The number of nitrogens with zero attached hydrogens (tertiary/aromatic N) is 2. The number of nitro benzene ring substituents is 1. The van der Waals surface area contributed by atoms with Crippen LogP contribution in [-0.2, 0) is 4.79 Å². The first-order chi connectivity index (χ1) is 17.0. The third-order valence-corrected chi connectivity index (χ3v) is 6.27. The molecule has 0 saturated carbocycles. The van der Waals surface area contributed by atoms with E-state index in [1.54, 1.807) is 45.9 Å². The van der Waals surface area contributed by atoms with E-state index in [1.165, 1.54) is 30.5 Å². The van der Waals surface area contributed by atoms with Crippen molar-refractivity contribution in [2.75, 3.05) is 0 Å². The maximum absolute atomic E-state index is 12.7. The molecule has 0 saturated heterocycles. The maximum atomic E-state index is 12.7. The Kier molecular flexibility index (Phi) is 8.49. The molecule has 1 unspecified atom stereocenters. The molecule has 9 nitrogen and oxygen atoms in total. The minimum atomic E-state index is -0.868. The van der Waals surface area contributed by atoms with E-state index in [4.69, 9.17) is 27.6 Å². The normalized spacial score (nSPS) is 12.1. The predicted molar refractivity (Wildman–Crippen MR) is 139 cm³/mol. The lowest BCUT2D eigenvalue weighted by molar-refractivity contribution is -0.385. The van der Waals surface area contributed by atoms with E-state index in [0.29, 0.717) is 27.7 Å². The lowest BCUT2D eigenvalue weighted by atomic mass is 10.0. The number of rotatable bonds is 8. The van der Waals surface area contributed by atoms with Crippen molar-refractivity contribution in [2.45, 2.75) is 33.7 Å². The van der Waals surface area contributed by atoms with Crippen molar-refractivity contribution in [3.63, 3.8) is 0 Å². The van der Waals surface area contributed by atoms with Gasteiger partial charge in [-0.15, -0.1) is 0 Å². The zero-order valence-electron chi connectivity index (χ0n) is 20.0. The standard InChI is InChI=1S/C25H24Cl2N4O5/c1-13(2)23(29-24(32)16-5-7-19(26)20(27)10-16)25(33)30-28-12-18-6-8-22(36-18)17-9-14(3)15(4)21(11-17)31(34)35/h5-13,23H,1-4H3,(H,29,32)(H,30,33)/b28-12+. The molecule has 0 aliphatic rings. The molecule has 188 valence electrons. The van der Waals surface area contributed by atoms with Crippen molar-refractivity contribution in [2.24, 2.45) is 11.0 Å². The number of carbonyl (C=O) groups excluding carboxylic acids is 2. The van der Waals surface area contributed by atoms with Crippen LogP contribution < -0.4 is 10.7 Å². The summed E-state index contributed by atoms with van der Waals surface area (Å²) in [6.45, 7) is 7.05. The second-order valence-corrected chi connectivity index (χ2v) is 9.27. The zero-order valence-corrected chi connectivity index (χ0v) is 21.5. The molecule has 0 aliphatic carbocycles. The van der Waals surface area contributed by atoms with Gasteiger partial charge in [0, 0.05) is 22.8 Å². The number of nitrogens with one attached hydrogen (secondary N) is 2. The van der Waals surface area contributed by atoms with E-state index in [2.05, 4.69) is 15.8 Å². The number of benzene rings is 2. The van der Waals surface area contributed by atoms with Gasteiger partial charge in [-0.1, -0.05) is 37.0 Å². The lowest BCUT2D eigenvalue weighted by Crippen LogP contribution is -2.48. The molecule has 0 aliphatic heterocycles. The Hall–Kier alpha value is -3.69. The van der Waals surface area contributed by atoms with Gasteiger partial charge in [0.1, 0.15) is 17.6 Å². The van der Waals surface area contributed by atoms with Gasteiger partial charge < -0.3 is 9.73 Å². The summed E-state index contributed by atoms with van der Waals surface area (Å²) >= 11 is 11.9. The SMILES string of the molecule is Cc1cc(-c2ccc(/C=N/NC(=O)C(NC(=O)c3ccc(Cl)c(Cl)c3)C(C)C)o2)cc([N+](=O)[O-])c1C. The molecule has 0 radical (unpaired) electrons. The van der Waals surface area contributed by atoms with Crippen LogP contribution in [0.3, 0.4) is 0 Å². The fraction of sp³-hybridized carbons (Fsp3) is 0.240. The molecule has 2 aromatic carbocycles. The molecule has 0 fully saturated rings. The largest absolute Gasteiger partial charge is 0.455 e. The molecular formula is C25H24Cl2N4O5. The van der Waals surface area contributed by atoms with Crippen LogP contribution in [0.2, 0.25) is 10.0 Å². The molecule has 11 heteroatoms. The fourth-order valence-electron chi connectivity index (χ4n) is 3.38. The van der Waals surface area contributed by atoms with Gasteiger partial charge in [0.2, 0.25) is 0 Å². The average Bonchev–Trinajstić information content (AvgIpc) is 3.29. The zero-order chi connectivity index (χ0) is 26.6. The van der Waals surface area contributed by atoms with Crippen molar-refractivity contribution >= 4 is 46.9 Å². The number of carbonyl (C=O) groups is 2. The van der Waals surface area contributed by atoms with E-state index >= 15 is 0 Å². The van der Waals surface area contributed by atoms with E-state index < -0.39 is 22.8 Å². The van der Waals surface area contributed by atoms with Crippen molar-refractivity contribution in [1.29, 1.82) is 0 Å². The fourth-order valence-corrected chi connectivity index (χ4v) is 3.67. The highest BCUT2D eigenvalue weighted by molar-refractivity contribution is 6.42. The minimum absolute atomic E-state index is 0.00604. The minimum Gasteiger partial charge on any atom is -0.455 e. The van der Waals surface area contributed by atoms with Crippen molar-refractivity contribution in [3.05, 3.63) is 85.1 Å². The number of halogens is 2. The van der Waals surface area contributed by atoms with E-state index in [9.17, 15) is 19.7 Å². The number of hydrogen-bond acceptors (Lipinski definition) is 6. The van der Waals surface area contributed by atoms with Crippen LogP contribution in [0.1, 0.15) is 41.1 Å². The van der Waals surface area contributed by atoms with Gasteiger partial charge >= 0.3 is 0 Å². The Morgan fingerprint density at radius 3 is 2.44 bits per heavy atom. The summed E-state index contributed by atoms with van der Waals surface area (Å²) in [5.74, 6) is -0.492. The monoisotopic (exact) mass is 530 g/mol. The van der Waals surface area contributed by atoms with Gasteiger partial charge in [-0.2, -0.15) is 5.10 Å². The van der Waals surface area contributed by atoms with Crippen molar-refractivity contribution in [1.82, 2.24) is 10.7 Å². The number of amides is 2. The first-order valence-corrected chi connectivity index (χ1v) is 11.7.